The molecule has 0 atom stereocenters. The van der Waals surface area contributed by atoms with Crippen molar-refractivity contribution in [3.63, 3.8) is 0 Å². The number of hydrogen-bond acceptors (Lipinski definition) is 10. The van der Waals surface area contributed by atoms with Gasteiger partial charge in [0, 0.05) is 28.7 Å². The summed E-state index contributed by atoms with van der Waals surface area (Å²) in [6.45, 7) is 3.58. The van der Waals surface area contributed by atoms with E-state index in [0.717, 1.165) is 15.8 Å². The smallest absolute Gasteiger partial charge is 0.404 e. The number of aryl methyl sites for hydroxylation is 1. The Balaban J connectivity index is 1.61. The molecule has 39 heavy (non-hydrogen) atoms. The molecule has 5 rings (SSSR count). The summed E-state index contributed by atoms with van der Waals surface area (Å²) in [7, 11) is -7.01. The van der Waals surface area contributed by atoms with E-state index in [0.29, 0.717) is 32.9 Å². The predicted octanol–water partition coefficient (Wildman–Crippen LogP) is 5.30. The van der Waals surface area contributed by atoms with Crippen LogP contribution in [0.25, 0.3) is 21.3 Å². The van der Waals surface area contributed by atoms with E-state index >= 15 is 0 Å². The van der Waals surface area contributed by atoms with Gasteiger partial charge in [0.05, 0.1) is 42.0 Å². The van der Waals surface area contributed by atoms with E-state index in [2.05, 4.69) is 0 Å². The van der Waals surface area contributed by atoms with Gasteiger partial charge in [0.2, 0.25) is 11.8 Å². The Kier molecular flexibility index (Phi) is 7.89. The lowest BCUT2D eigenvalue weighted by molar-refractivity contribution is -0.139. The third-order valence-electron chi connectivity index (χ3n) is 6.44. The van der Waals surface area contributed by atoms with Gasteiger partial charge in [0.25, 0.3) is 0 Å². The molecule has 3 aromatic rings. The molecule has 208 valence electrons. The van der Waals surface area contributed by atoms with Crippen LogP contribution in [-0.4, -0.2) is 49.1 Å². The highest BCUT2D eigenvalue weighted by molar-refractivity contribution is 7.90. The molecule has 2 amide bonds. The number of thiophene rings is 1. The third-order valence-corrected chi connectivity index (χ3v) is 11.3. The number of fused-ring (bicyclic) bond motifs is 3. The Labute approximate surface area is 234 Å². The number of pyridine rings is 1. The Hall–Kier alpha value is -2.34. The van der Waals surface area contributed by atoms with Crippen LogP contribution in [0.2, 0.25) is 5.02 Å². The third kappa shape index (κ3) is 5.64. The van der Waals surface area contributed by atoms with Crippen molar-refractivity contribution in [3.05, 3.63) is 45.4 Å². The van der Waals surface area contributed by atoms with Gasteiger partial charge in [0.1, 0.15) is 10.6 Å². The summed E-state index contributed by atoms with van der Waals surface area (Å²) < 4.78 is 53.5. The standard InChI is InChI=1S/C25H26ClN2O8PS2/c1-3-34-37(31,35-4-2)36-16-7-5-15(6-8-16)22-23-17-11-12-39(32,33)14-19(17)38-25(23)27-18(24(22)26)13-28-20(29)9-10-21(28)30/h5-8H,3-4,9-14H2,1-2H3. The van der Waals surface area contributed by atoms with E-state index in [1.807, 2.05) is 0 Å². The zero-order valence-corrected chi connectivity index (χ0v) is 24.6. The topological polar surface area (TPSA) is 129 Å². The number of aromatic nitrogens is 1. The maximum atomic E-state index is 12.8. The first-order valence-electron chi connectivity index (χ1n) is 12.4. The number of hydrogen-bond donors (Lipinski definition) is 0. The van der Waals surface area contributed by atoms with Crippen LogP contribution in [0.1, 0.15) is 42.8 Å². The SMILES string of the molecule is CCOP(=O)(OCC)Oc1ccc(-c2c(Cl)c(CN3C(=O)CCC3=O)nc3sc4c(c23)CCS(=O)(=O)C4)cc1. The van der Waals surface area contributed by atoms with Crippen LogP contribution in [-0.2, 0) is 51.8 Å². The number of rotatable bonds is 9. The van der Waals surface area contributed by atoms with Crippen LogP contribution in [0, 0.1) is 0 Å². The van der Waals surface area contributed by atoms with Crippen molar-refractivity contribution in [3.8, 4) is 16.9 Å². The fourth-order valence-corrected chi connectivity index (χ4v) is 9.26. The second kappa shape index (κ2) is 10.9. The molecule has 2 aromatic heterocycles. The monoisotopic (exact) mass is 612 g/mol. The summed E-state index contributed by atoms with van der Waals surface area (Å²) in [4.78, 5) is 31.8. The van der Waals surface area contributed by atoms with Crippen LogP contribution in [0.3, 0.4) is 0 Å². The molecule has 0 bridgehead atoms. The molecule has 0 aliphatic carbocycles. The van der Waals surface area contributed by atoms with E-state index in [1.54, 1.807) is 38.1 Å². The van der Waals surface area contributed by atoms with Gasteiger partial charge in [-0.15, -0.1) is 11.3 Å². The average Bonchev–Trinajstić information content (AvgIpc) is 3.38. The van der Waals surface area contributed by atoms with Crippen molar-refractivity contribution < 1.29 is 36.1 Å². The molecule has 2 aliphatic heterocycles. The molecule has 0 saturated carbocycles. The number of carbonyl (C=O) groups is 2. The Bertz CT molecular complexity index is 1600. The molecule has 0 unspecified atom stereocenters. The van der Waals surface area contributed by atoms with Crippen molar-refractivity contribution >= 4 is 62.6 Å². The Morgan fingerprint density at radius 3 is 2.31 bits per heavy atom. The second-order valence-corrected chi connectivity index (χ2v) is 14.3. The minimum absolute atomic E-state index is 0.0261. The lowest BCUT2D eigenvalue weighted by atomic mass is 9.97. The summed E-state index contributed by atoms with van der Waals surface area (Å²) in [6.07, 6.45) is 0.620. The molecule has 0 radical (unpaired) electrons. The molecule has 2 aliphatic rings. The zero-order chi connectivity index (χ0) is 27.9. The maximum Gasteiger partial charge on any atom is 0.530 e. The number of likely N-dealkylation sites (tertiary alicyclic amines) is 1. The number of halogens is 1. The van der Waals surface area contributed by atoms with Gasteiger partial charge in [-0.25, -0.2) is 18.0 Å². The number of phosphoric acid groups is 1. The van der Waals surface area contributed by atoms with Crippen LogP contribution in [0.15, 0.2) is 24.3 Å². The van der Waals surface area contributed by atoms with Gasteiger partial charge in [-0.3, -0.25) is 23.5 Å². The largest absolute Gasteiger partial charge is 0.530 e. The highest BCUT2D eigenvalue weighted by Gasteiger charge is 2.33. The lowest BCUT2D eigenvalue weighted by Crippen LogP contribution is -2.29. The first-order valence-corrected chi connectivity index (χ1v) is 16.9. The number of sulfone groups is 1. The molecule has 10 nitrogen and oxygen atoms in total. The second-order valence-electron chi connectivity index (χ2n) is 9.05. The summed E-state index contributed by atoms with van der Waals surface area (Å²) in [6, 6.07) is 6.69. The fourth-order valence-electron chi connectivity index (χ4n) is 4.71. The predicted molar refractivity (Wildman–Crippen MR) is 148 cm³/mol. The van der Waals surface area contributed by atoms with Crippen LogP contribution >= 0.6 is 30.8 Å². The summed E-state index contributed by atoms with van der Waals surface area (Å²) in [5.74, 6) is -0.359. The summed E-state index contributed by atoms with van der Waals surface area (Å²) in [5.41, 5.74) is 2.53. The lowest BCUT2D eigenvalue weighted by Gasteiger charge is -2.19. The quantitative estimate of drug-likeness (QED) is 0.233. The molecule has 1 saturated heterocycles. The van der Waals surface area contributed by atoms with Crippen LogP contribution in [0.5, 0.6) is 5.75 Å². The van der Waals surface area contributed by atoms with Gasteiger partial charge in [-0.1, -0.05) is 23.7 Å². The molecule has 14 heteroatoms. The molecule has 0 N–H and O–H groups in total. The van der Waals surface area contributed by atoms with E-state index in [-0.39, 0.29) is 66.7 Å². The van der Waals surface area contributed by atoms with Gasteiger partial charge >= 0.3 is 7.82 Å². The molecule has 4 heterocycles. The van der Waals surface area contributed by atoms with E-state index in [9.17, 15) is 22.6 Å². The van der Waals surface area contributed by atoms with Crippen molar-refractivity contribution in [1.82, 2.24) is 9.88 Å². The Morgan fingerprint density at radius 1 is 1.05 bits per heavy atom. The number of benzene rings is 1. The minimum Gasteiger partial charge on any atom is -0.404 e. The molecule has 1 fully saturated rings. The highest BCUT2D eigenvalue weighted by Crippen LogP contribution is 2.50. The highest BCUT2D eigenvalue weighted by atomic mass is 35.5. The first kappa shape index (κ1) is 28.2. The van der Waals surface area contributed by atoms with E-state index in [1.165, 1.54) is 11.3 Å². The summed E-state index contributed by atoms with van der Waals surface area (Å²) >= 11 is 8.22. The fraction of sp³-hybridized carbons (Fsp3) is 0.400. The van der Waals surface area contributed by atoms with E-state index in [4.69, 9.17) is 30.2 Å². The van der Waals surface area contributed by atoms with Crippen molar-refractivity contribution in [2.45, 2.75) is 45.4 Å². The number of imide groups is 1. The molecule has 1 aromatic carbocycles. The molecular formula is C25H26ClN2O8PS2. The number of nitrogens with zero attached hydrogens (tertiary/aromatic N) is 2. The average molecular weight is 613 g/mol. The van der Waals surface area contributed by atoms with Gasteiger partial charge in [-0.05, 0) is 43.5 Å². The Morgan fingerprint density at radius 2 is 1.69 bits per heavy atom. The molecular weight excluding hydrogens is 587 g/mol. The first-order chi connectivity index (χ1) is 18.5. The number of phosphoric ester groups is 1. The van der Waals surface area contributed by atoms with Crippen molar-refractivity contribution in [1.29, 1.82) is 0 Å². The molecule has 0 spiro atoms. The van der Waals surface area contributed by atoms with Crippen LogP contribution < -0.4 is 4.52 Å². The van der Waals surface area contributed by atoms with E-state index < -0.39 is 17.7 Å². The van der Waals surface area contributed by atoms with Crippen molar-refractivity contribution in [2.75, 3.05) is 19.0 Å². The van der Waals surface area contributed by atoms with Crippen molar-refractivity contribution in [2.24, 2.45) is 0 Å². The number of amides is 2. The zero-order valence-electron chi connectivity index (χ0n) is 21.3. The van der Waals surface area contributed by atoms with Gasteiger partial charge < -0.3 is 4.52 Å². The normalized spacial score (nSPS) is 17.2. The number of carbonyl (C=O) groups excluding carboxylic acids is 2. The van der Waals surface area contributed by atoms with Crippen LogP contribution in [0.4, 0.5) is 0 Å². The maximum absolute atomic E-state index is 12.8. The minimum atomic E-state index is -3.79. The summed E-state index contributed by atoms with van der Waals surface area (Å²) in [5, 5.41) is 1.02. The van der Waals surface area contributed by atoms with Gasteiger partial charge in [-0.2, -0.15) is 0 Å². The van der Waals surface area contributed by atoms with Gasteiger partial charge in [0.15, 0.2) is 9.84 Å².